The standard InChI is InChI=1S/C14H16N2O3/c1-9-12(5-6-15-9)14(18)16-11-3-4-13(19-2)10(7-11)8-17/h3-7,15,17H,8H2,1-2H3,(H,16,18). The molecular weight excluding hydrogens is 244 g/mol. The summed E-state index contributed by atoms with van der Waals surface area (Å²) in [6.07, 6.45) is 1.72. The molecule has 1 amide bonds. The van der Waals surface area contributed by atoms with Crippen LogP contribution >= 0.6 is 0 Å². The molecule has 0 atom stereocenters. The molecule has 0 radical (unpaired) electrons. The quantitative estimate of drug-likeness (QED) is 0.788. The van der Waals surface area contributed by atoms with Crippen LogP contribution in [0.3, 0.4) is 0 Å². The van der Waals surface area contributed by atoms with E-state index in [1.54, 1.807) is 30.5 Å². The molecule has 1 heterocycles. The number of carbonyl (C=O) groups excluding carboxylic acids is 1. The van der Waals surface area contributed by atoms with Gasteiger partial charge in [0.05, 0.1) is 19.3 Å². The Morgan fingerprint density at radius 1 is 1.42 bits per heavy atom. The highest BCUT2D eigenvalue weighted by molar-refractivity contribution is 6.05. The highest BCUT2D eigenvalue weighted by Crippen LogP contribution is 2.23. The van der Waals surface area contributed by atoms with E-state index >= 15 is 0 Å². The fourth-order valence-corrected chi connectivity index (χ4v) is 1.88. The number of anilines is 1. The third-order valence-electron chi connectivity index (χ3n) is 2.91. The van der Waals surface area contributed by atoms with Gasteiger partial charge >= 0.3 is 0 Å². The number of H-pyrrole nitrogens is 1. The second kappa shape index (κ2) is 5.58. The molecule has 19 heavy (non-hydrogen) atoms. The van der Waals surface area contributed by atoms with E-state index in [0.717, 1.165) is 5.69 Å². The molecule has 0 bridgehead atoms. The van der Waals surface area contributed by atoms with Crippen molar-refractivity contribution in [3.8, 4) is 5.75 Å². The van der Waals surface area contributed by atoms with E-state index in [4.69, 9.17) is 4.74 Å². The highest BCUT2D eigenvalue weighted by atomic mass is 16.5. The molecule has 2 aromatic rings. The summed E-state index contributed by atoms with van der Waals surface area (Å²) < 4.78 is 5.11. The Kier molecular flexibility index (Phi) is 3.87. The predicted molar refractivity (Wildman–Crippen MR) is 72.4 cm³/mol. The van der Waals surface area contributed by atoms with Crippen molar-refractivity contribution in [2.75, 3.05) is 12.4 Å². The molecule has 3 N–H and O–H groups in total. The Balaban J connectivity index is 2.20. The highest BCUT2D eigenvalue weighted by Gasteiger charge is 2.11. The molecule has 2 rings (SSSR count). The number of amides is 1. The summed E-state index contributed by atoms with van der Waals surface area (Å²) in [7, 11) is 1.54. The average molecular weight is 260 g/mol. The molecule has 0 saturated carbocycles. The minimum atomic E-state index is -0.187. The lowest BCUT2D eigenvalue weighted by molar-refractivity contribution is 0.102. The molecule has 1 aromatic heterocycles. The summed E-state index contributed by atoms with van der Waals surface area (Å²) in [6, 6.07) is 6.86. The molecule has 0 aliphatic rings. The number of aryl methyl sites for hydroxylation is 1. The van der Waals surface area contributed by atoms with Crippen molar-refractivity contribution in [1.29, 1.82) is 0 Å². The minimum Gasteiger partial charge on any atom is -0.496 e. The Labute approximate surface area is 111 Å². The maximum Gasteiger partial charge on any atom is 0.257 e. The number of hydrogen-bond acceptors (Lipinski definition) is 3. The molecule has 0 aliphatic heterocycles. The SMILES string of the molecule is COc1ccc(NC(=O)c2cc[nH]c2C)cc1CO. The Morgan fingerprint density at radius 2 is 2.21 bits per heavy atom. The van der Waals surface area contributed by atoms with E-state index in [1.807, 2.05) is 6.92 Å². The zero-order valence-electron chi connectivity index (χ0n) is 10.9. The largest absolute Gasteiger partial charge is 0.496 e. The molecule has 0 aliphatic carbocycles. The first-order valence-corrected chi connectivity index (χ1v) is 5.88. The number of aliphatic hydroxyl groups excluding tert-OH is 1. The van der Waals surface area contributed by atoms with Crippen LogP contribution in [0.15, 0.2) is 30.5 Å². The van der Waals surface area contributed by atoms with E-state index in [1.165, 1.54) is 7.11 Å². The zero-order valence-corrected chi connectivity index (χ0v) is 10.9. The van der Waals surface area contributed by atoms with Crippen LogP contribution in [0, 0.1) is 6.92 Å². The normalized spacial score (nSPS) is 10.3. The molecular formula is C14H16N2O3. The van der Waals surface area contributed by atoms with Gasteiger partial charge in [-0.1, -0.05) is 0 Å². The number of benzene rings is 1. The number of aromatic amines is 1. The maximum absolute atomic E-state index is 12.0. The van der Waals surface area contributed by atoms with Gasteiger partial charge in [-0.15, -0.1) is 0 Å². The number of carbonyl (C=O) groups is 1. The summed E-state index contributed by atoms with van der Waals surface area (Å²) in [5.41, 5.74) is 2.66. The van der Waals surface area contributed by atoms with Crippen molar-refractivity contribution in [1.82, 2.24) is 4.98 Å². The van der Waals surface area contributed by atoms with Gasteiger partial charge in [-0.25, -0.2) is 0 Å². The first-order chi connectivity index (χ1) is 9.15. The molecule has 5 heteroatoms. The lowest BCUT2D eigenvalue weighted by Crippen LogP contribution is -2.12. The first kappa shape index (κ1) is 13.2. The van der Waals surface area contributed by atoms with Crippen LogP contribution in [0.2, 0.25) is 0 Å². The van der Waals surface area contributed by atoms with Gasteiger partial charge in [0.1, 0.15) is 5.75 Å². The van der Waals surface area contributed by atoms with Gasteiger partial charge in [-0.05, 0) is 31.2 Å². The average Bonchev–Trinajstić information content (AvgIpc) is 2.85. The van der Waals surface area contributed by atoms with Crippen molar-refractivity contribution in [3.05, 3.63) is 47.3 Å². The Bertz CT molecular complexity index is 590. The van der Waals surface area contributed by atoms with Gasteiger partial charge in [0.2, 0.25) is 0 Å². The van der Waals surface area contributed by atoms with Crippen molar-refractivity contribution in [2.45, 2.75) is 13.5 Å². The molecule has 1 aromatic carbocycles. The summed E-state index contributed by atoms with van der Waals surface area (Å²) in [5.74, 6) is 0.408. The van der Waals surface area contributed by atoms with Crippen LogP contribution in [0.1, 0.15) is 21.6 Å². The molecule has 0 spiro atoms. The van der Waals surface area contributed by atoms with E-state index in [2.05, 4.69) is 10.3 Å². The van der Waals surface area contributed by atoms with Crippen molar-refractivity contribution in [2.24, 2.45) is 0 Å². The van der Waals surface area contributed by atoms with E-state index in [9.17, 15) is 9.90 Å². The van der Waals surface area contributed by atoms with Crippen molar-refractivity contribution >= 4 is 11.6 Å². The van der Waals surface area contributed by atoms with E-state index in [0.29, 0.717) is 22.6 Å². The summed E-state index contributed by atoms with van der Waals surface area (Å²) >= 11 is 0. The molecule has 5 nitrogen and oxygen atoms in total. The fraction of sp³-hybridized carbons (Fsp3) is 0.214. The predicted octanol–water partition coefficient (Wildman–Crippen LogP) is 2.08. The number of rotatable bonds is 4. The monoisotopic (exact) mass is 260 g/mol. The molecule has 0 unspecified atom stereocenters. The number of nitrogens with one attached hydrogen (secondary N) is 2. The Morgan fingerprint density at radius 3 is 2.79 bits per heavy atom. The lowest BCUT2D eigenvalue weighted by atomic mass is 10.1. The lowest BCUT2D eigenvalue weighted by Gasteiger charge is -2.10. The second-order valence-corrected chi connectivity index (χ2v) is 4.16. The van der Waals surface area contributed by atoms with Crippen LogP contribution in [0.25, 0.3) is 0 Å². The van der Waals surface area contributed by atoms with Crippen molar-refractivity contribution < 1.29 is 14.6 Å². The van der Waals surface area contributed by atoms with Crippen LogP contribution < -0.4 is 10.1 Å². The number of aromatic nitrogens is 1. The third-order valence-corrected chi connectivity index (χ3v) is 2.91. The third kappa shape index (κ3) is 2.77. The fourth-order valence-electron chi connectivity index (χ4n) is 1.88. The van der Waals surface area contributed by atoms with Gasteiger partial charge in [0.15, 0.2) is 0 Å². The van der Waals surface area contributed by atoms with Gasteiger partial charge in [-0.2, -0.15) is 0 Å². The van der Waals surface area contributed by atoms with E-state index < -0.39 is 0 Å². The molecule has 100 valence electrons. The smallest absolute Gasteiger partial charge is 0.257 e. The van der Waals surface area contributed by atoms with Crippen LogP contribution in [-0.2, 0) is 6.61 Å². The number of aliphatic hydroxyl groups is 1. The van der Waals surface area contributed by atoms with E-state index in [-0.39, 0.29) is 12.5 Å². The van der Waals surface area contributed by atoms with Gasteiger partial charge in [0, 0.05) is 23.1 Å². The maximum atomic E-state index is 12.0. The number of hydrogen-bond donors (Lipinski definition) is 3. The number of ether oxygens (including phenoxy) is 1. The zero-order chi connectivity index (χ0) is 13.8. The van der Waals surface area contributed by atoms with Gasteiger partial charge in [0.25, 0.3) is 5.91 Å². The summed E-state index contributed by atoms with van der Waals surface area (Å²) in [4.78, 5) is 15.0. The minimum absolute atomic E-state index is 0.143. The molecule has 0 fully saturated rings. The van der Waals surface area contributed by atoms with Crippen molar-refractivity contribution in [3.63, 3.8) is 0 Å². The number of methoxy groups -OCH3 is 1. The molecule has 0 saturated heterocycles. The van der Waals surface area contributed by atoms with Gasteiger partial charge < -0.3 is 20.1 Å². The first-order valence-electron chi connectivity index (χ1n) is 5.88. The summed E-state index contributed by atoms with van der Waals surface area (Å²) in [5, 5.41) is 12.0. The topological polar surface area (TPSA) is 74.3 Å². The Hall–Kier alpha value is -2.27. The summed E-state index contributed by atoms with van der Waals surface area (Å²) in [6.45, 7) is 1.69. The van der Waals surface area contributed by atoms with Crippen LogP contribution in [0.4, 0.5) is 5.69 Å². The van der Waals surface area contributed by atoms with Crippen LogP contribution in [-0.4, -0.2) is 23.1 Å². The van der Waals surface area contributed by atoms with Gasteiger partial charge in [-0.3, -0.25) is 4.79 Å². The van der Waals surface area contributed by atoms with Crippen LogP contribution in [0.5, 0.6) is 5.75 Å². The second-order valence-electron chi connectivity index (χ2n) is 4.16.